The van der Waals surface area contributed by atoms with Gasteiger partial charge in [-0.05, 0) is 44.6 Å². The Morgan fingerprint density at radius 1 is 1.26 bits per heavy atom. The molecule has 0 spiro atoms. The molecule has 4 atom stereocenters. The first kappa shape index (κ1) is 23.6. The Morgan fingerprint density at radius 2 is 1.90 bits per heavy atom. The second-order valence-electron chi connectivity index (χ2n) is 8.54. The number of carbonyl (C=O) groups is 2. The lowest BCUT2D eigenvalue weighted by Gasteiger charge is -2.56. The van der Waals surface area contributed by atoms with Gasteiger partial charge in [0.15, 0.2) is 0 Å². The molecule has 3 aliphatic heterocycles. The van der Waals surface area contributed by atoms with E-state index in [9.17, 15) is 13.2 Å². The van der Waals surface area contributed by atoms with Crippen molar-refractivity contribution in [3.05, 3.63) is 23.8 Å². The first-order valence-corrected chi connectivity index (χ1v) is 12.4. The minimum absolute atomic E-state index is 0.168. The summed E-state index contributed by atoms with van der Waals surface area (Å²) in [5.74, 6) is 1.10. The Hall–Kier alpha value is -2.11. The van der Waals surface area contributed by atoms with Crippen LogP contribution in [-0.4, -0.2) is 89.6 Å². The summed E-state index contributed by atoms with van der Waals surface area (Å²) in [5.41, 5.74) is 0.455. The molecule has 0 unspecified atom stereocenters. The second kappa shape index (κ2) is 10.0. The van der Waals surface area contributed by atoms with Crippen molar-refractivity contribution in [2.45, 2.75) is 44.7 Å². The summed E-state index contributed by atoms with van der Waals surface area (Å²) >= 11 is 0. The molecule has 4 rings (SSSR count). The maximum atomic E-state index is 12.5. The van der Waals surface area contributed by atoms with E-state index in [1.54, 1.807) is 23.6 Å². The predicted octanol–water partition coefficient (Wildman–Crippen LogP) is 0.350. The minimum atomic E-state index is -3.20. The van der Waals surface area contributed by atoms with E-state index < -0.39 is 10.0 Å². The third-order valence-corrected chi connectivity index (χ3v) is 7.81. The second-order valence-corrected chi connectivity index (χ2v) is 10.5. The Kier molecular flexibility index (Phi) is 7.60. The summed E-state index contributed by atoms with van der Waals surface area (Å²) in [5, 5.41) is 9.94. The predicted molar refractivity (Wildman–Crippen MR) is 114 cm³/mol. The lowest BCUT2D eigenvalue weighted by atomic mass is 9.73. The van der Waals surface area contributed by atoms with Gasteiger partial charge in [0, 0.05) is 44.1 Å². The van der Waals surface area contributed by atoms with Gasteiger partial charge in [0.25, 0.3) is 12.4 Å². The van der Waals surface area contributed by atoms with E-state index in [0.717, 1.165) is 19.4 Å². The highest BCUT2D eigenvalue weighted by molar-refractivity contribution is 7.88. The number of carbonyl (C=O) groups excluding carboxylic acids is 1. The van der Waals surface area contributed by atoms with E-state index in [4.69, 9.17) is 9.90 Å². The zero-order valence-electron chi connectivity index (χ0n) is 18.0. The number of hydrogen-bond donors (Lipinski definition) is 2. The number of aromatic nitrogens is 2. The van der Waals surface area contributed by atoms with Crippen LogP contribution >= 0.6 is 0 Å². The van der Waals surface area contributed by atoms with Crippen LogP contribution in [0.1, 0.15) is 41.9 Å². The molecule has 0 aliphatic carbocycles. The van der Waals surface area contributed by atoms with Gasteiger partial charge in [0.05, 0.1) is 11.8 Å². The molecule has 3 fully saturated rings. The van der Waals surface area contributed by atoms with E-state index in [0.29, 0.717) is 43.0 Å². The Labute approximate surface area is 183 Å². The smallest absolute Gasteiger partial charge is 0.290 e. The van der Waals surface area contributed by atoms with E-state index in [2.05, 4.69) is 20.2 Å². The molecular weight excluding hydrogens is 422 g/mol. The normalized spacial score (nSPS) is 28.6. The molecule has 3 saturated heterocycles. The molecule has 31 heavy (non-hydrogen) atoms. The van der Waals surface area contributed by atoms with Gasteiger partial charge >= 0.3 is 0 Å². The van der Waals surface area contributed by atoms with Crippen molar-refractivity contribution in [1.29, 1.82) is 0 Å². The van der Waals surface area contributed by atoms with Crippen molar-refractivity contribution in [3.8, 4) is 0 Å². The number of sulfonamides is 1. The fourth-order valence-electron chi connectivity index (χ4n) is 5.23. The van der Waals surface area contributed by atoms with Crippen molar-refractivity contribution in [1.82, 2.24) is 24.5 Å². The van der Waals surface area contributed by atoms with Crippen molar-refractivity contribution in [3.63, 3.8) is 0 Å². The zero-order chi connectivity index (χ0) is 22.6. The van der Waals surface area contributed by atoms with Gasteiger partial charge in [-0.1, -0.05) is 6.42 Å². The Bertz CT molecular complexity index is 878. The van der Waals surface area contributed by atoms with Gasteiger partial charge in [0.2, 0.25) is 10.0 Å². The van der Waals surface area contributed by atoms with Crippen LogP contribution in [0, 0.1) is 18.8 Å². The van der Waals surface area contributed by atoms with E-state index in [1.807, 2.05) is 0 Å². The minimum Gasteiger partial charge on any atom is -0.483 e. The molecule has 2 bridgehead atoms. The highest BCUT2D eigenvalue weighted by Gasteiger charge is 2.48. The topological polar surface area (TPSA) is 133 Å². The highest BCUT2D eigenvalue weighted by Crippen LogP contribution is 2.41. The number of hydrogen-bond acceptors (Lipinski definition) is 7. The van der Waals surface area contributed by atoms with Crippen LogP contribution in [0.5, 0.6) is 0 Å². The first-order chi connectivity index (χ1) is 14.7. The quantitative estimate of drug-likeness (QED) is 0.624. The van der Waals surface area contributed by atoms with Crippen LogP contribution in [0.4, 0.5) is 0 Å². The summed E-state index contributed by atoms with van der Waals surface area (Å²) in [6.07, 6.45) is 8.92. The summed E-state index contributed by atoms with van der Waals surface area (Å²) in [6, 6.07) is 0.584. The number of piperidine rings is 3. The molecule has 3 aliphatic rings. The molecule has 0 aromatic carbocycles. The summed E-state index contributed by atoms with van der Waals surface area (Å²) in [4.78, 5) is 31.6. The van der Waals surface area contributed by atoms with Crippen molar-refractivity contribution >= 4 is 22.4 Å². The van der Waals surface area contributed by atoms with Crippen LogP contribution in [0.25, 0.3) is 0 Å². The average Bonchev–Trinajstić information content (AvgIpc) is 2.74. The van der Waals surface area contributed by atoms with Crippen molar-refractivity contribution in [2.75, 3.05) is 32.4 Å². The van der Waals surface area contributed by atoms with Crippen LogP contribution < -0.4 is 5.32 Å². The Balaban J connectivity index is 0.000000858. The number of fused-ring (bicyclic) bond motifs is 4. The molecule has 1 aromatic heterocycles. The van der Waals surface area contributed by atoms with Crippen molar-refractivity contribution in [2.24, 2.45) is 11.8 Å². The molecule has 0 radical (unpaired) electrons. The fourth-order valence-corrected chi connectivity index (χ4v) is 6.15. The van der Waals surface area contributed by atoms with E-state index in [1.165, 1.54) is 19.1 Å². The number of aryl methyl sites for hydroxylation is 1. The van der Waals surface area contributed by atoms with Crippen LogP contribution in [0.15, 0.2) is 12.4 Å². The van der Waals surface area contributed by atoms with Crippen LogP contribution in [-0.2, 0) is 14.8 Å². The largest absolute Gasteiger partial charge is 0.483 e. The van der Waals surface area contributed by atoms with Crippen molar-refractivity contribution < 1.29 is 23.1 Å². The molecule has 0 saturated carbocycles. The summed E-state index contributed by atoms with van der Waals surface area (Å²) < 4.78 is 26.0. The lowest BCUT2D eigenvalue weighted by molar-refractivity contribution is -0.122. The van der Waals surface area contributed by atoms with Gasteiger partial charge in [-0.2, -0.15) is 0 Å². The average molecular weight is 454 g/mol. The van der Waals surface area contributed by atoms with Gasteiger partial charge in [-0.25, -0.2) is 22.7 Å². The number of nitrogens with one attached hydrogen (secondary N) is 1. The van der Waals surface area contributed by atoms with E-state index >= 15 is 0 Å². The molecular formula is C20H31N5O5S. The standard InChI is InChI=1S/C19H29N5O3S.CH2O2/c1-13-20-8-16(9-21-13)19(25)22-10-18-15-7-14(11-23(12-15)28(2,26)27)17-5-3-4-6-24(17)18;2-1-3/h8-9,14-15,17-18H,3-7,10-12H2,1-2H3,(H,22,25);1H,(H,2,3)/t14-,15+,17+,18+;/m1./s1. The number of amides is 1. The first-order valence-electron chi connectivity index (χ1n) is 10.6. The summed E-state index contributed by atoms with van der Waals surface area (Å²) in [7, 11) is -3.20. The fraction of sp³-hybridized carbons (Fsp3) is 0.700. The molecule has 1 aromatic rings. The number of carboxylic acid groups (broad SMARTS) is 1. The SMILES string of the molecule is Cc1ncc(C(=O)NC[C@H]2[C@H]3C[C@H](CN(S(C)(=O)=O)C3)[C@@H]3CCCCN32)cn1.O=CO. The van der Waals surface area contributed by atoms with Gasteiger partial charge in [-0.15, -0.1) is 0 Å². The lowest BCUT2D eigenvalue weighted by Crippen LogP contribution is -2.66. The maximum absolute atomic E-state index is 12.5. The molecule has 4 heterocycles. The Morgan fingerprint density at radius 3 is 2.55 bits per heavy atom. The van der Waals surface area contributed by atoms with Crippen LogP contribution in [0.2, 0.25) is 0 Å². The molecule has 11 heteroatoms. The number of rotatable bonds is 4. The van der Waals surface area contributed by atoms with Gasteiger partial charge in [-0.3, -0.25) is 14.5 Å². The third kappa shape index (κ3) is 5.58. The molecule has 1 amide bonds. The zero-order valence-corrected chi connectivity index (χ0v) is 18.8. The number of nitrogens with zero attached hydrogens (tertiary/aromatic N) is 4. The third-order valence-electron chi connectivity index (χ3n) is 6.57. The molecule has 10 nitrogen and oxygen atoms in total. The maximum Gasteiger partial charge on any atom is 0.290 e. The molecule has 2 N–H and O–H groups in total. The van der Waals surface area contributed by atoms with Gasteiger partial charge < -0.3 is 10.4 Å². The van der Waals surface area contributed by atoms with Gasteiger partial charge in [0.1, 0.15) is 5.82 Å². The highest BCUT2D eigenvalue weighted by atomic mass is 32.2. The van der Waals surface area contributed by atoms with Crippen LogP contribution in [0.3, 0.4) is 0 Å². The van der Waals surface area contributed by atoms with E-state index in [-0.39, 0.29) is 24.3 Å². The molecule has 172 valence electrons. The monoisotopic (exact) mass is 453 g/mol. The summed E-state index contributed by atoms with van der Waals surface area (Å²) in [6.45, 7) is 4.28.